The Balaban J connectivity index is 2.00. The van der Waals surface area contributed by atoms with Gasteiger partial charge in [-0.1, -0.05) is 19.3 Å². The van der Waals surface area contributed by atoms with Crippen LogP contribution in [-0.4, -0.2) is 36.5 Å². The van der Waals surface area contributed by atoms with E-state index in [4.69, 9.17) is 4.74 Å². The first-order valence-electron chi connectivity index (χ1n) is 7.23. The van der Waals surface area contributed by atoms with E-state index in [2.05, 4.69) is 19.2 Å². The molecule has 3 heteroatoms. The molecule has 0 aliphatic heterocycles. The zero-order valence-corrected chi connectivity index (χ0v) is 11.5. The maximum atomic E-state index is 9.94. The minimum absolute atomic E-state index is 0.135. The fourth-order valence-corrected chi connectivity index (χ4v) is 2.36. The molecule has 1 saturated carbocycles. The van der Waals surface area contributed by atoms with E-state index in [-0.39, 0.29) is 6.10 Å². The molecule has 2 unspecified atom stereocenters. The van der Waals surface area contributed by atoms with Crippen molar-refractivity contribution >= 4 is 0 Å². The first-order valence-corrected chi connectivity index (χ1v) is 7.23. The molecule has 0 aromatic heterocycles. The van der Waals surface area contributed by atoms with E-state index < -0.39 is 0 Å². The highest BCUT2D eigenvalue weighted by Crippen LogP contribution is 2.17. The van der Waals surface area contributed by atoms with E-state index in [1.54, 1.807) is 0 Å². The van der Waals surface area contributed by atoms with Crippen LogP contribution in [0.1, 0.15) is 58.8 Å². The highest BCUT2D eigenvalue weighted by molar-refractivity contribution is 4.78. The summed E-state index contributed by atoms with van der Waals surface area (Å²) in [5, 5.41) is 13.4. The number of hydrogen-bond acceptors (Lipinski definition) is 3. The Morgan fingerprint density at radius 3 is 2.71 bits per heavy atom. The standard InChI is InChI=1S/C14H29NO2/c1-12(2)17-11-7-6-10-15-13-8-4-3-5-9-14(13)16/h12-16H,3-11H2,1-2H3. The van der Waals surface area contributed by atoms with Crippen LogP contribution in [0.2, 0.25) is 0 Å². The van der Waals surface area contributed by atoms with Gasteiger partial charge in [-0.25, -0.2) is 0 Å². The van der Waals surface area contributed by atoms with Crippen molar-refractivity contribution in [2.45, 2.75) is 77.0 Å². The Morgan fingerprint density at radius 1 is 1.18 bits per heavy atom. The second-order valence-corrected chi connectivity index (χ2v) is 5.39. The molecule has 1 aliphatic rings. The molecule has 0 aromatic carbocycles. The van der Waals surface area contributed by atoms with Gasteiger partial charge in [0, 0.05) is 12.6 Å². The number of ether oxygens (including phenoxy) is 1. The van der Waals surface area contributed by atoms with Crippen molar-refractivity contribution in [1.29, 1.82) is 0 Å². The molecular weight excluding hydrogens is 214 g/mol. The van der Waals surface area contributed by atoms with Crippen molar-refractivity contribution < 1.29 is 9.84 Å². The summed E-state index contributed by atoms with van der Waals surface area (Å²) in [4.78, 5) is 0. The normalized spacial score (nSPS) is 26.1. The molecule has 2 atom stereocenters. The second kappa shape index (κ2) is 8.90. The topological polar surface area (TPSA) is 41.5 Å². The average molecular weight is 243 g/mol. The second-order valence-electron chi connectivity index (χ2n) is 5.39. The van der Waals surface area contributed by atoms with Gasteiger partial charge in [0.1, 0.15) is 0 Å². The molecule has 0 spiro atoms. The molecule has 0 aromatic rings. The predicted molar refractivity (Wildman–Crippen MR) is 71.2 cm³/mol. The number of unbranched alkanes of at least 4 members (excludes halogenated alkanes) is 1. The summed E-state index contributed by atoms with van der Waals surface area (Å²) in [6.07, 6.45) is 8.25. The molecule has 0 heterocycles. The number of hydrogen-bond donors (Lipinski definition) is 2. The number of aliphatic hydroxyl groups excluding tert-OH is 1. The van der Waals surface area contributed by atoms with E-state index in [1.165, 1.54) is 19.3 Å². The summed E-state index contributed by atoms with van der Waals surface area (Å²) >= 11 is 0. The Morgan fingerprint density at radius 2 is 1.94 bits per heavy atom. The summed E-state index contributed by atoms with van der Waals surface area (Å²) in [5.41, 5.74) is 0. The van der Waals surface area contributed by atoms with Crippen molar-refractivity contribution in [1.82, 2.24) is 5.32 Å². The van der Waals surface area contributed by atoms with E-state index in [0.29, 0.717) is 12.1 Å². The number of rotatable bonds is 7. The van der Waals surface area contributed by atoms with Gasteiger partial charge in [-0.05, 0) is 46.1 Å². The molecular formula is C14H29NO2. The fraction of sp³-hybridized carbons (Fsp3) is 1.00. The SMILES string of the molecule is CC(C)OCCCCNC1CCCCCC1O. The van der Waals surface area contributed by atoms with Gasteiger partial charge in [0.15, 0.2) is 0 Å². The summed E-state index contributed by atoms with van der Waals surface area (Å²) in [7, 11) is 0. The minimum Gasteiger partial charge on any atom is -0.392 e. The van der Waals surface area contributed by atoms with E-state index in [9.17, 15) is 5.11 Å². The third-order valence-corrected chi connectivity index (χ3v) is 3.41. The lowest BCUT2D eigenvalue weighted by molar-refractivity contribution is 0.0751. The van der Waals surface area contributed by atoms with Gasteiger partial charge in [-0.3, -0.25) is 0 Å². The Labute approximate surface area is 106 Å². The first-order chi connectivity index (χ1) is 8.20. The predicted octanol–water partition coefficient (Wildman–Crippen LogP) is 2.47. The number of aliphatic hydroxyl groups is 1. The van der Waals surface area contributed by atoms with Crippen LogP contribution in [0, 0.1) is 0 Å². The molecule has 0 amide bonds. The molecule has 1 aliphatic carbocycles. The van der Waals surface area contributed by atoms with E-state index >= 15 is 0 Å². The van der Waals surface area contributed by atoms with Crippen molar-refractivity contribution in [2.24, 2.45) is 0 Å². The van der Waals surface area contributed by atoms with Gasteiger partial charge in [-0.15, -0.1) is 0 Å². The quantitative estimate of drug-likeness (QED) is 0.533. The number of nitrogens with one attached hydrogen (secondary N) is 1. The molecule has 2 N–H and O–H groups in total. The van der Waals surface area contributed by atoms with Gasteiger partial charge in [0.25, 0.3) is 0 Å². The monoisotopic (exact) mass is 243 g/mol. The zero-order chi connectivity index (χ0) is 12.5. The summed E-state index contributed by atoms with van der Waals surface area (Å²) in [6, 6.07) is 0.323. The fourth-order valence-electron chi connectivity index (χ4n) is 2.36. The van der Waals surface area contributed by atoms with Crippen LogP contribution in [0.4, 0.5) is 0 Å². The Hall–Kier alpha value is -0.120. The maximum Gasteiger partial charge on any atom is 0.0693 e. The molecule has 0 bridgehead atoms. The van der Waals surface area contributed by atoms with Gasteiger partial charge in [0.05, 0.1) is 12.2 Å². The maximum absolute atomic E-state index is 9.94. The van der Waals surface area contributed by atoms with E-state index in [1.807, 2.05) is 0 Å². The van der Waals surface area contributed by atoms with Gasteiger partial charge >= 0.3 is 0 Å². The van der Waals surface area contributed by atoms with Crippen molar-refractivity contribution in [3.8, 4) is 0 Å². The third kappa shape index (κ3) is 7.02. The van der Waals surface area contributed by atoms with Crippen LogP contribution in [0.3, 0.4) is 0 Å². The zero-order valence-electron chi connectivity index (χ0n) is 11.5. The molecule has 3 nitrogen and oxygen atoms in total. The molecule has 1 fully saturated rings. The van der Waals surface area contributed by atoms with Crippen LogP contribution >= 0.6 is 0 Å². The van der Waals surface area contributed by atoms with Crippen LogP contribution in [0.15, 0.2) is 0 Å². The lowest BCUT2D eigenvalue weighted by Gasteiger charge is -2.21. The van der Waals surface area contributed by atoms with E-state index in [0.717, 1.165) is 38.8 Å². The van der Waals surface area contributed by atoms with Crippen molar-refractivity contribution in [3.05, 3.63) is 0 Å². The van der Waals surface area contributed by atoms with Crippen LogP contribution < -0.4 is 5.32 Å². The van der Waals surface area contributed by atoms with Gasteiger partial charge in [-0.2, -0.15) is 0 Å². The van der Waals surface area contributed by atoms with Crippen LogP contribution in [-0.2, 0) is 4.74 Å². The smallest absolute Gasteiger partial charge is 0.0693 e. The van der Waals surface area contributed by atoms with Gasteiger partial charge < -0.3 is 15.2 Å². The van der Waals surface area contributed by atoms with Gasteiger partial charge in [0.2, 0.25) is 0 Å². The molecule has 1 rings (SSSR count). The molecule has 17 heavy (non-hydrogen) atoms. The third-order valence-electron chi connectivity index (χ3n) is 3.41. The first kappa shape index (κ1) is 14.9. The Kier molecular flexibility index (Phi) is 7.82. The summed E-state index contributed by atoms with van der Waals surface area (Å²) in [6.45, 7) is 6.00. The van der Waals surface area contributed by atoms with Crippen molar-refractivity contribution in [3.63, 3.8) is 0 Å². The molecule has 102 valence electrons. The highest BCUT2D eigenvalue weighted by Gasteiger charge is 2.20. The van der Waals surface area contributed by atoms with Crippen molar-refractivity contribution in [2.75, 3.05) is 13.2 Å². The highest BCUT2D eigenvalue weighted by atomic mass is 16.5. The average Bonchev–Trinajstić information content (AvgIpc) is 2.48. The molecule has 0 radical (unpaired) electrons. The minimum atomic E-state index is -0.135. The van der Waals surface area contributed by atoms with Crippen LogP contribution in [0.25, 0.3) is 0 Å². The Bertz CT molecular complexity index is 185. The summed E-state index contributed by atoms with van der Waals surface area (Å²) in [5.74, 6) is 0. The largest absolute Gasteiger partial charge is 0.392 e. The molecule has 0 saturated heterocycles. The van der Waals surface area contributed by atoms with Crippen LogP contribution in [0.5, 0.6) is 0 Å². The lowest BCUT2D eigenvalue weighted by atomic mass is 10.1. The summed E-state index contributed by atoms with van der Waals surface area (Å²) < 4.78 is 5.50. The lowest BCUT2D eigenvalue weighted by Crippen LogP contribution is -2.39.